The summed E-state index contributed by atoms with van der Waals surface area (Å²) in [5.74, 6) is 0.0593. The van der Waals surface area contributed by atoms with Crippen LogP contribution in [0.1, 0.15) is 18.4 Å². The fraction of sp³-hybridized carbons (Fsp3) is 0.444. The van der Waals surface area contributed by atoms with E-state index in [4.69, 9.17) is 11.6 Å². The van der Waals surface area contributed by atoms with Gasteiger partial charge in [-0.25, -0.2) is 17.5 Å². The van der Waals surface area contributed by atoms with Crippen LogP contribution in [0.25, 0.3) is 11.1 Å². The Hall–Kier alpha value is -0.990. The molecule has 3 fully saturated rings. The minimum absolute atomic E-state index is 0.113. The van der Waals surface area contributed by atoms with Crippen LogP contribution in [0.2, 0.25) is 4.34 Å². The van der Waals surface area contributed by atoms with Crippen LogP contribution in [0.15, 0.2) is 29.6 Å². The van der Waals surface area contributed by atoms with Gasteiger partial charge in [-0.3, -0.25) is 0 Å². The van der Waals surface area contributed by atoms with Crippen molar-refractivity contribution in [2.45, 2.75) is 37.4 Å². The molecule has 2 bridgehead atoms. The van der Waals surface area contributed by atoms with Gasteiger partial charge in [0.1, 0.15) is 5.82 Å². The number of sulfonamides is 1. The van der Waals surface area contributed by atoms with E-state index < -0.39 is 10.0 Å². The van der Waals surface area contributed by atoms with Crippen LogP contribution in [0, 0.1) is 11.7 Å². The monoisotopic (exact) mass is 414 g/mol. The van der Waals surface area contributed by atoms with E-state index in [9.17, 15) is 8.42 Å². The van der Waals surface area contributed by atoms with Gasteiger partial charge in [-0.05, 0) is 42.4 Å². The van der Waals surface area contributed by atoms with Crippen LogP contribution in [0.3, 0.4) is 0 Å². The van der Waals surface area contributed by atoms with Gasteiger partial charge in [0.05, 0.1) is 10.6 Å². The Bertz CT molecular complexity index is 925. The molecular formula is C18H20ClFN2O2S2. The summed E-state index contributed by atoms with van der Waals surface area (Å²) in [5.41, 5.74) is 1.88. The second-order valence-corrected chi connectivity index (χ2v) is 10.6. The molecule has 0 amide bonds. The highest BCUT2D eigenvalue weighted by atomic mass is 35.5. The maximum Gasteiger partial charge on any atom is 0.209 e. The number of halogens is 2. The molecule has 140 valence electrons. The Labute approximate surface area is 161 Å². The predicted octanol–water partition coefficient (Wildman–Crippen LogP) is 3.42. The minimum Gasteiger partial charge on any atom is -0.309 e. The molecule has 1 aromatic heterocycles. The second-order valence-electron chi connectivity index (χ2n) is 7.24. The van der Waals surface area contributed by atoms with Gasteiger partial charge in [-0.15, -0.1) is 11.3 Å². The molecule has 3 heterocycles. The average molecular weight is 415 g/mol. The van der Waals surface area contributed by atoms with Crippen LogP contribution >= 0.6 is 22.9 Å². The molecule has 1 aliphatic carbocycles. The van der Waals surface area contributed by atoms with Crippen LogP contribution in [-0.4, -0.2) is 32.8 Å². The quantitative estimate of drug-likeness (QED) is 0.788. The van der Waals surface area contributed by atoms with Gasteiger partial charge < -0.3 is 5.32 Å². The van der Waals surface area contributed by atoms with Gasteiger partial charge in [0.2, 0.25) is 10.0 Å². The van der Waals surface area contributed by atoms with Crippen molar-refractivity contribution in [1.29, 1.82) is 0 Å². The standard InChI is InChI=1S/C18H20ClFN2O2S2/c1-26(23,24)22-18-11-5-13(6-11)21-15(18)7-10-3-2-4-14(17(10)20)12-8-16(19)25-9-12/h2-4,8-9,11,13,15,18,21-22H,5-7H2,1H3/t11?,13?,15-,18-/m0/s1. The SMILES string of the molecule is CS(=O)(=O)N[C@H]1C2CC(C2)N[C@H]1Cc1cccc(-c2csc(Cl)c2)c1F. The van der Waals surface area contributed by atoms with E-state index in [0.29, 0.717) is 33.8 Å². The summed E-state index contributed by atoms with van der Waals surface area (Å²) in [6.07, 6.45) is 3.56. The summed E-state index contributed by atoms with van der Waals surface area (Å²) < 4.78 is 42.0. The number of piperidine rings is 2. The largest absolute Gasteiger partial charge is 0.309 e. The number of benzene rings is 1. The molecular weight excluding hydrogens is 395 g/mol. The molecule has 2 aromatic rings. The highest BCUT2D eigenvalue weighted by Gasteiger charge is 2.46. The molecule has 2 atom stereocenters. The average Bonchev–Trinajstić information content (AvgIpc) is 2.94. The summed E-state index contributed by atoms with van der Waals surface area (Å²) >= 11 is 7.35. The van der Waals surface area contributed by atoms with Gasteiger partial charge in [-0.1, -0.05) is 29.8 Å². The first-order chi connectivity index (χ1) is 12.3. The molecule has 1 aromatic carbocycles. The first kappa shape index (κ1) is 18.4. The third-order valence-corrected chi connectivity index (χ3v) is 7.10. The third-order valence-electron chi connectivity index (χ3n) is 5.31. The zero-order valence-corrected chi connectivity index (χ0v) is 16.6. The van der Waals surface area contributed by atoms with Crippen molar-refractivity contribution in [3.63, 3.8) is 0 Å². The first-order valence-electron chi connectivity index (χ1n) is 8.55. The summed E-state index contributed by atoms with van der Waals surface area (Å²) in [6.45, 7) is 0. The summed E-state index contributed by atoms with van der Waals surface area (Å²) in [4.78, 5) is 0. The van der Waals surface area contributed by atoms with Gasteiger partial charge in [0.15, 0.2) is 0 Å². The smallest absolute Gasteiger partial charge is 0.209 e. The summed E-state index contributed by atoms with van der Waals surface area (Å²) in [7, 11) is -3.31. The molecule has 5 rings (SSSR count). The molecule has 2 saturated heterocycles. The number of rotatable bonds is 5. The maximum absolute atomic E-state index is 15.1. The molecule has 2 N–H and O–H groups in total. The molecule has 26 heavy (non-hydrogen) atoms. The second kappa shape index (κ2) is 6.87. The number of hydrogen-bond acceptors (Lipinski definition) is 4. The first-order valence-corrected chi connectivity index (χ1v) is 11.7. The van der Waals surface area contributed by atoms with E-state index >= 15 is 4.39 Å². The molecule has 0 spiro atoms. The van der Waals surface area contributed by atoms with Crippen molar-refractivity contribution in [2.75, 3.05) is 6.26 Å². The Morgan fingerprint density at radius 3 is 2.81 bits per heavy atom. The lowest BCUT2D eigenvalue weighted by atomic mass is 9.68. The molecule has 2 aliphatic heterocycles. The van der Waals surface area contributed by atoms with Gasteiger partial charge in [0.25, 0.3) is 0 Å². The van der Waals surface area contributed by atoms with E-state index in [1.807, 2.05) is 11.4 Å². The van der Waals surface area contributed by atoms with Crippen molar-refractivity contribution in [3.05, 3.63) is 45.4 Å². The lowest BCUT2D eigenvalue weighted by molar-refractivity contribution is 0.0809. The Kier molecular flexibility index (Phi) is 4.86. The molecule has 4 nitrogen and oxygen atoms in total. The van der Waals surface area contributed by atoms with E-state index in [-0.39, 0.29) is 17.9 Å². The van der Waals surface area contributed by atoms with Gasteiger partial charge in [0, 0.05) is 29.1 Å². The lowest BCUT2D eigenvalue weighted by Crippen LogP contribution is -2.67. The lowest BCUT2D eigenvalue weighted by Gasteiger charge is -2.52. The number of fused-ring (bicyclic) bond motifs is 2. The molecule has 0 radical (unpaired) electrons. The third kappa shape index (κ3) is 3.68. The zero-order valence-electron chi connectivity index (χ0n) is 14.2. The highest BCUT2D eigenvalue weighted by Crippen LogP contribution is 2.39. The summed E-state index contributed by atoms with van der Waals surface area (Å²) in [5, 5.41) is 5.32. The molecule has 0 unspecified atom stereocenters. The van der Waals surface area contributed by atoms with E-state index in [0.717, 1.165) is 18.4 Å². The maximum atomic E-state index is 15.1. The minimum atomic E-state index is -3.31. The van der Waals surface area contributed by atoms with E-state index in [2.05, 4.69) is 10.0 Å². The fourth-order valence-electron chi connectivity index (χ4n) is 4.09. The normalized spacial score (nSPS) is 28.0. The fourth-order valence-corrected chi connectivity index (χ4v) is 5.82. The Morgan fingerprint density at radius 1 is 1.38 bits per heavy atom. The molecule has 3 aliphatic rings. The van der Waals surface area contributed by atoms with Crippen LogP contribution in [0.5, 0.6) is 0 Å². The number of hydrogen-bond donors (Lipinski definition) is 2. The predicted molar refractivity (Wildman–Crippen MR) is 104 cm³/mol. The Morgan fingerprint density at radius 2 is 2.15 bits per heavy atom. The number of thiophene rings is 1. The Balaban J connectivity index is 1.60. The van der Waals surface area contributed by atoms with Crippen LogP contribution in [-0.2, 0) is 16.4 Å². The van der Waals surface area contributed by atoms with E-state index in [1.54, 1.807) is 18.2 Å². The van der Waals surface area contributed by atoms with Crippen LogP contribution < -0.4 is 10.0 Å². The van der Waals surface area contributed by atoms with Crippen molar-refractivity contribution in [1.82, 2.24) is 10.0 Å². The van der Waals surface area contributed by atoms with E-state index in [1.165, 1.54) is 17.6 Å². The molecule has 8 heteroatoms. The number of nitrogens with one attached hydrogen (secondary N) is 2. The van der Waals surface area contributed by atoms with Crippen molar-refractivity contribution in [2.24, 2.45) is 5.92 Å². The van der Waals surface area contributed by atoms with Crippen molar-refractivity contribution >= 4 is 33.0 Å². The van der Waals surface area contributed by atoms with Crippen molar-refractivity contribution < 1.29 is 12.8 Å². The van der Waals surface area contributed by atoms with Gasteiger partial charge >= 0.3 is 0 Å². The zero-order chi connectivity index (χ0) is 18.5. The highest BCUT2D eigenvalue weighted by molar-refractivity contribution is 7.88. The summed E-state index contributed by atoms with van der Waals surface area (Å²) in [6, 6.07) is 7.20. The van der Waals surface area contributed by atoms with Crippen molar-refractivity contribution in [3.8, 4) is 11.1 Å². The molecule has 1 saturated carbocycles. The van der Waals surface area contributed by atoms with Gasteiger partial charge in [-0.2, -0.15) is 0 Å². The van der Waals surface area contributed by atoms with Crippen LogP contribution in [0.4, 0.5) is 4.39 Å². The topological polar surface area (TPSA) is 58.2 Å².